The Balaban J connectivity index is 1.30. The highest BCUT2D eigenvalue weighted by Crippen LogP contribution is 2.31. The molecule has 11 nitrogen and oxygen atoms in total. The number of methoxy groups -OCH3 is 1. The number of carbonyl (C=O) groups is 2. The zero-order valence-corrected chi connectivity index (χ0v) is 28.2. The lowest BCUT2D eigenvalue weighted by Gasteiger charge is -2.26. The molecule has 246 valence electrons. The molecule has 2 fully saturated rings. The number of carbonyl (C=O) groups excluding carboxylic acids is 2. The second-order valence-electron chi connectivity index (χ2n) is 13.4. The van der Waals surface area contributed by atoms with Crippen LogP contribution in [0.1, 0.15) is 61.7 Å². The summed E-state index contributed by atoms with van der Waals surface area (Å²) in [5.41, 5.74) is 2.64. The first kappa shape index (κ1) is 32.6. The number of thiophene rings is 1. The van der Waals surface area contributed by atoms with Gasteiger partial charge in [0.2, 0.25) is 5.95 Å². The van der Waals surface area contributed by atoms with Gasteiger partial charge in [-0.05, 0) is 67.5 Å². The maximum absolute atomic E-state index is 13.6. The molecule has 2 aliphatic rings. The molecular weight excluding hydrogens is 614 g/mol. The van der Waals surface area contributed by atoms with E-state index in [0.717, 1.165) is 60.2 Å². The number of nitriles is 1. The van der Waals surface area contributed by atoms with Gasteiger partial charge in [0, 0.05) is 32.8 Å². The van der Waals surface area contributed by atoms with E-state index < -0.39 is 0 Å². The Morgan fingerprint density at radius 2 is 1.98 bits per heavy atom. The van der Waals surface area contributed by atoms with E-state index in [1.54, 1.807) is 30.3 Å². The van der Waals surface area contributed by atoms with Gasteiger partial charge in [0.1, 0.15) is 11.6 Å². The Morgan fingerprint density at radius 3 is 2.72 bits per heavy atom. The van der Waals surface area contributed by atoms with Crippen LogP contribution in [0.25, 0.3) is 21.7 Å². The summed E-state index contributed by atoms with van der Waals surface area (Å²) in [6.45, 7) is 9.46. The fourth-order valence-electron chi connectivity index (χ4n) is 6.60. The topological polar surface area (TPSA) is 130 Å². The number of fused-ring (bicyclic) bond motifs is 1. The van der Waals surface area contributed by atoms with Crippen molar-refractivity contribution in [2.75, 3.05) is 32.1 Å². The van der Waals surface area contributed by atoms with Crippen LogP contribution in [0.4, 0.5) is 5.95 Å². The zero-order chi connectivity index (χ0) is 33.1. The van der Waals surface area contributed by atoms with Crippen LogP contribution in [-0.4, -0.2) is 75.0 Å². The predicted octanol–water partition coefficient (Wildman–Crippen LogP) is 6.10. The third-order valence-electron chi connectivity index (χ3n) is 8.75. The average Bonchev–Trinajstić information content (AvgIpc) is 3.87. The summed E-state index contributed by atoms with van der Waals surface area (Å²) >= 11 is 1.31. The van der Waals surface area contributed by atoms with E-state index in [1.165, 1.54) is 17.7 Å². The largest absolute Gasteiger partial charge is 0.443 e. The molecule has 6 rings (SSSR count). The SMILES string of the molecule is COC[C@@H]1CCCN1Cc1ccc2c(c1)nc(NC(=O)c1ccc(-c3cnco3)s1)n2C[C@H]1CCCN1C(=O)C(C#N)=CC(C)(C)C. The molecule has 1 aromatic carbocycles. The minimum absolute atomic E-state index is 0.159. The maximum Gasteiger partial charge on any atom is 0.268 e. The van der Waals surface area contributed by atoms with Gasteiger partial charge in [0.25, 0.3) is 11.8 Å². The first-order valence-electron chi connectivity index (χ1n) is 16.1. The first-order valence-corrected chi connectivity index (χ1v) is 16.9. The normalized spacial score (nSPS) is 19.0. The quantitative estimate of drug-likeness (QED) is 0.160. The summed E-state index contributed by atoms with van der Waals surface area (Å²) in [4.78, 5) is 41.6. The molecule has 12 heteroatoms. The number of likely N-dealkylation sites (tertiary alicyclic amines) is 2. The third kappa shape index (κ3) is 7.32. The number of rotatable bonds is 10. The molecule has 47 heavy (non-hydrogen) atoms. The van der Waals surface area contributed by atoms with Crippen molar-refractivity contribution in [1.82, 2.24) is 24.3 Å². The van der Waals surface area contributed by atoms with Crippen LogP contribution in [0, 0.1) is 16.7 Å². The van der Waals surface area contributed by atoms with E-state index in [0.29, 0.717) is 42.3 Å². The molecule has 0 bridgehead atoms. The number of nitrogens with zero attached hydrogens (tertiary/aromatic N) is 6. The van der Waals surface area contributed by atoms with Crippen LogP contribution in [0.15, 0.2) is 59.0 Å². The van der Waals surface area contributed by atoms with Crippen LogP contribution in [0.5, 0.6) is 0 Å². The number of hydrogen-bond donors (Lipinski definition) is 1. The molecule has 5 heterocycles. The van der Waals surface area contributed by atoms with Crippen molar-refractivity contribution in [3.63, 3.8) is 0 Å². The first-order chi connectivity index (χ1) is 22.6. The molecule has 2 amide bonds. The highest BCUT2D eigenvalue weighted by atomic mass is 32.1. The third-order valence-corrected chi connectivity index (χ3v) is 9.84. The van der Waals surface area contributed by atoms with E-state index in [-0.39, 0.29) is 28.8 Å². The maximum atomic E-state index is 13.6. The van der Waals surface area contributed by atoms with Crippen LogP contribution < -0.4 is 5.32 Å². The van der Waals surface area contributed by atoms with Gasteiger partial charge in [-0.15, -0.1) is 11.3 Å². The number of oxazole rings is 1. The van der Waals surface area contributed by atoms with Crippen LogP contribution in [0.3, 0.4) is 0 Å². The monoisotopic (exact) mass is 655 g/mol. The van der Waals surface area contributed by atoms with E-state index >= 15 is 0 Å². The minimum atomic E-state index is -0.306. The van der Waals surface area contributed by atoms with Gasteiger partial charge in [-0.3, -0.25) is 19.8 Å². The van der Waals surface area contributed by atoms with Gasteiger partial charge in [-0.25, -0.2) is 9.97 Å². The molecule has 0 spiro atoms. The number of allylic oxidation sites excluding steroid dienone is 1. The molecule has 4 aromatic rings. The molecule has 2 atom stereocenters. The minimum Gasteiger partial charge on any atom is -0.443 e. The Hall–Kier alpha value is -4.31. The predicted molar refractivity (Wildman–Crippen MR) is 181 cm³/mol. The van der Waals surface area contributed by atoms with Gasteiger partial charge >= 0.3 is 0 Å². The number of benzene rings is 1. The Bertz CT molecular complexity index is 1810. The van der Waals surface area contributed by atoms with Crippen molar-refractivity contribution in [3.05, 3.63) is 65.0 Å². The van der Waals surface area contributed by atoms with Gasteiger partial charge in [0.15, 0.2) is 12.2 Å². The second kappa shape index (κ2) is 13.8. The lowest BCUT2D eigenvalue weighted by Crippen LogP contribution is -2.39. The molecule has 3 aromatic heterocycles. The Labute approximate surface area is 278 Å². The molecule has 0 aliphatic carbocycles. The Kier molecular flexibility index (Phi) is 9.59. The van der Waals surface area contributed by atoms with Gasteiger partial charge < -0.3 is 18.6 Å². The van der Waals surface area contributed by atoms with E-state index in [1.807, 2.05) is 31.4 Å². The fraction of sp³-hybridized carbons (Fsp3) is 0.457. The van der Waals surface area contributed by atoms with Gasteiger partial charge in [0.05, 0.1) is 39.6 Å². The summed E-state index contributed by atoms with van der Waals surface area (Å²) in [5.74, 6) is 0.483. The molecule has 0 radical (unpaired) electrons. The van der Waals surface area contributed by atoms with Crippen LogP contribution in [0.2, 0.25) is 0 Å². The number of anilines is 1. The molecule has 0 saturated carbocycles. The number of ether oxygens (including phenoxy) is 1. The van der Waals surface area contributed by atoms with E-state index in [4.69, 9.17) is 14.1 Å². The van der Waals surface area contributed by atoms with E-state index in [9.17, 15) is 14.9 Å². The summed E-state index contributed by atoms with van der Waals surface area (Å²) < 4.78 is 12.9. The molecule has 2 saturated heterocycles. The lowest BCUT2D eigenvalue weighted by molar-refractivity contribution is -0.127. The van der Waals surface area contributed by atoms with Crippen molar-refractivity contribution in [1.29, 1.82) is 5.26 Å². The summed E-state index contributed by atoms with van der Waals surface area (Å²) in [5, 5.41) is 12.9. The highest BCUT2D eigenvalue weighted by Gasteiger charge is 2.33. The number of aromatic nitrogens is 3. The smallest absolute Gasteiger partial charge is 0.268 e. The lowest BCUT2D eigenvalue weighted by atomic mass is 9.93. The number of imidazole rings is 1. The van der Waals surface area contributed by atoms with Gasteiger partial charge in [-0.2, -0.15) is 5.26 Å². The molecule has 0 unspecified atom stereocenters. The number of nitrogens with one attached hydrogen (secondary N) is 1. The van der Waals surface area contributed by atoms with Crippen molar-refractivity contribution in [2.24, 2.45) is 5.41 Å². The van der Waals surface area contributed by atoms with Crippen molar-refractivity contribution in [2.45, 2.75) is 71.6 Å². The number of hydrogen-bond acceptors (Lipinski definition) is 9. The van der Waals surface area contributed by atoms with Crippen LogP contribution >= 0.6 is 11.3 Å². The molecule has 2 aliphatic heterocycles. The fourth-order valence-corrected chi connectivity index (χ4v) is 7.45. The van der Waals surface area contributed by atoms with Crippen molar-refractivity contribution in [3.8, 4) is 16.7 Å². The Morgan fingerprint density at radius 1 is 1.17 bits per heavy atom. The van der Waals surface area contributed by atoms with Crippen molar-refractivity contribution < 1.29 is 18.7 Å². The molecule has 1 N–H and O–H groups in total. The second-order valence-corrected chi connectivity index (χ2v) is 14.5. The van der Waals surface area contributed by atoms with Gasteiger partial charge in [-0.1, -0.05) is 32.9 Å². The van der Waals surface area contributed by atoms with Crippen molar-refractivity contribution >= 4 is 40.1 Å². The average molecular weight is 656 g/mol. The molecular formula is C35H41N7O4S. The van der Waals surface area contributed by atoms with E-state index in [2.05, 4.69) is 39.5 Å². The summed E-state index contributed by atoms with van der Waals surface area (Å²) in [7, 11) is 1.75. The highest BCUT2D eigenvalue weighted by molar-refractivity contribution is 7.17. The summed E-state index contributed by atoms with van der Waals surface area (Å²) in [6.07, 6.45) is 8.62. The number of amides is 2. The van der Waals surface area contributed by atoms with Crippen LogP contribution in [-0.2, 0) is 22.6 Å². The standard InChI is InChI=1S/C35H41N7O4S/c1-35(2,3)16-24(17-36)33(44)41-14-6-7-25(41)20-42-28-10-9-23(19-40-13-5-8-26(40)21-45-4)15-27(28)38-34(42)39-32(43)31-12-11-30(47-31)29-18-37-22-46-29/h9-12,15-16,18,22,25-26H,5-8,13-14,19-21H2,1-4H3,(H,38,39,43)/t25-,26+/m1/s1. The summed E-state index contributed by atoms with van der Waals surface area (Å²) in [6, 6.07) is 12.2. The zero-order valence-electron chi connectivity index (χ0n) is 27.4.